The number of anilines is 1. The minimum absolute atomic E-state index is 0.253. The Balaban J connectivity index is 1.47. The van der Waals surface area contributed by atoms with Gasteiger partial charge in [-0.1, -0.05) is 43.3 Å². The molecule has 1 aliphatic heterocycles. The maximum absolute atomic E-state index is 12.1. The van der Waals surface area contributed by atoms with Crippen LogP contribution in [0, 0.1) is 5.92 Å². The van der Waals surface area contributed by atoms with Gasteiger partial charge in [0.05, 0.1) is 11.8 Å². The molecular formula is C20H27N3O2. The maximum Gasteiger partial charge on any atom is 0.319 e. The zero-order valence-corrected chi connectivity index (χ0v) is 14.7. The Kier molecular flexibility index (Phi) is 5.89. The van der Waals surface area contributed by atoms with Crippen molar-refractivity contribution in [1.82, 2.24) is 10.2 Å². The van der Waals surface area contributed by atoms with Gasteiger partial charge in [0, 0.05) is 18.5 Å². The molecule has 3 N–H and O–H groups in total. The van der Waals surface area contributed by atoms with E-state index in [9.17, 15) is 9.90 Å². The molecule has 0 bridgehead atoms. The van der Waals surface area contributed by atoms with E-state index in [1.165, 1.54) is 12.8 Å². The minimum atomic E-state index is -0.549. The van der Waals surface area contributed by atoms with Gasteiger partial charge in [0.15, 0.2) is 0 Å². The number of urea groups is 1. The summed E-state index contributed by atoms with van der Waals surface area (Å²) in [5.41, 5.74) is 0.773. The van der Waals surface area contributed by atoms with E-state index in [0.29, 0.717) is 6.54 Å². The highest BCUT2D eigenvalue weighted by atomic mass is 16.3. The van der Waals surface area contributed by atoms with Crippen molar-refractivity contribution in [3.8, 4) is 0 Å². The van der Waals surface area contributed by atoms with Crippen molar-refractivity contribution in [3.05, 3.63) is 42.5 Å². The Morgan fingerprint density at radius 2 is 1.92 bits per heavy atom. The van der Waals surface area contributed by atoms with Gasteiger partial charge < -0.3 is 20.6 Å². The molecule has 1 fully saturated rings. The average molecular weight is 341 g/mol. The average Bonchev–Trinajstić information content (AvgIpc) is 2.62. The highest BCUT2D eigenvalue weighted by Crippen LogP contribution is 2.22. The number of carbonyl (C=O) groups is 1. The van der Waals surface area contributed by atoms with Gasteiger partial charge in [0.2, 0.25) is 0 Å². The first-order valence-corrected chi connectivity index (χ1v) is 9.05. The predicted molar refractivity (Wildman–Crippen MR) is 102 cm³/mol. The van der Waals surface area contributed by atoms with Crippen LogP contribution in [0.4, 0.5) is 10.5 Å². The number of hydrogen-bond donors (Lipinski definition) is 3. The van der Waals surface area contributed by atoms with Crippen LogP contribution in [0.25, 0.3) is 10.8 Å². The molecule has 134 valence electrons. The number of nitrogens with one attached hydrogen (secondary N) is 2. The van der Waals surface area contributed by atoms with Gasteiger partial charge in [0.25, 0.3) is 0 Å². The van der Waals surface area contributed by atoms with E-state index in [-0.39, 0.29) is 12.6 Å². The molecule has 0 radical (unpaired) electrons. The molecule has 0 saturated carbocycles. The van der Waals surface area contributed by atoms with Gasteiger partial charge in [-0.25, -0.2) is 4.79 Å². The molecule has 3 rings (SSSR count). The van der Waals surface area contributed by atoms with Gasteiger partial charge in [-0.2, -0.15) is 0 Å². The summed E-state index contributed by atoms with van der Waals surface area (Å²) < 4.78 is 0. The lowest BCUT2D eigenvalue weighted by molar-refractivity contribution is 0.0924. The molecule has 5 heteroatoms. The zero-order chi connectivity index (χ0) is 17.6. The standard InChI is InChI=1S/C20H27N3O2/c1-15-9-11-23(12-10-15)14-17(24)13-21-20(25)22-19-8-4-6-16-5-2-3-7-18(16)19/h2-8,15,17,24H,9-14H2,1H3,(H2,21,22,25). The summed E-state index contributed by atoms with van der Waals surface area (Å²) in [6.07, 6.45) is 1.82. The van der Waals surface area contributed by atoms with Crippen LogP contribution < -0.4 is 10.6 Å². The first-order valence-electron chi connectivity index (χ1n) is 9.05. The Morgan fingerprint density at radius 3 is 2.72 bits per heavy atom. The normalized spacial score (nSPS) is 17.4. The molecule has 1 aliphatic rings. The highest BCUT2D eigenvalue weighted by molar-refractivity contribution is 6.01. The lowest BCUT2D eigenvalue weighted by Gasteiger charge is -2.31. The number of aliphatic hydroxyl groups excluding tert-OH is 1. The number of nitrogens with zero attached hydrogens (tertiary/aromatic N) is 1. The number of benzene rings is 2. The largest absolute Gasteiger partial charge is 0.390 e. The smallest absolute Gasteiger partial charge is 0.319 e. The molecule has 0 spiro atoms. The van der Waals surface area contributed by atoms with Gasteiger partial charge in [-0.15, -0.1) is 0 Å². The molecule has 1 heterocycles. The van der Waals surface area contributed by atoms with Crippen LogP contribution in [0.15, 0.2) is 42.5 Å². The number of piperidine rings is 1. The summed E-state index contributed by atoms with van der Waals surface area (Å²) in [5, 5.41) is 17.9. The van der Waals surface area contributed by atoms with E-state index in [0.717, 1.165) is 35.5 Å². The lowest BCUT2D eigenvalue weighted by Crippen LogP contribution is -2.43. The lowest BCUT2D eigenvalue weighted by atomic mass is 9.99. The summed E-state index contributed by atoms with van der Waals surface area (Å²) >= 11 is 0. The Bertz CT molecular complexity index is 706. The maximum atomic E-state index is 12.1. The number of amides is 2. The van der Waals surface area contributed by atoms with E-state index < -0.39 is 6.10 Å². The van der Waals surface area contributed by atoms with E-state index in [4.69, 9.17) is 0 Å². The quantitative estimate of drug-likeness (QED) is 0.783. The first kappa shape index (κ1) is 17.7. The monoisotopic (exact) mass is 341 g/mol. The molecule has 0 aromatic heterocycles. The summed E-state index contributed by atoms with van der Waals surface area (Å²) in [7, 11) is 0. The second kappa shape index (κ2) is 8.32. The number of carbonyl (C=O) groups excluding carboxylic acids is 1. The molecule has 5 nitrogen and oxygen atoms in total. The minimum Gasteiger partial charge on any atom is -0.390 e. The van der Waals surface area contributed by atoms with Crippen molar-refractivity contribution in [1.29, 1.82) is 0 Å². The second-order valence-corrected chi connectivity index (χ2v) is 7.00. The van der Waals surface area contributed by atoms with Gasteiger partial charge in [0.1, 0.15) is 0 Å². The van der Waals surface area contributed by atoms with E-state index in [1.807, 2.05) is 42.5 Å². The molecular weight excluding hydrogens is 314 g/mol. The first-order chi connectivity index (χ1) is 12.1. The molecule has 2 aromatic carbocycles. The van der Waals surface area contributed by atoms with Crippen LogP contribution >= 0.6 is 0 Å². The highest BCUT2D eigenvalue weighted by Gasteiger charge is 2.18. The number of rotatable bonds is 5. The Morgan fingerprint density at radius 1 is 1.20 bits per heavy atom. The van der Waals surface area contributed by atoms with Crippen LogP contribution in [0.2, 0.25) is 0 Å². The molecule has 2 amide bonds. The van der Waals surface area contributed by atoms with E-state index in [1.54, 1.807) is 0 Å². The Hall–Kier alpha value is -2.11. The molecule has 1 unspecified atom stereocenters. The Labute approximate surface area is 149 Å². The fourth-order valence-corrected chi connectivity index (χ4v) is 3.32. The van der Waals surface area contributed by atoms with Gasteiger partial charge in [-0.05, 0) is 43.3 Å². The summed E-state index contributed by atoms with van der Waals surface area (Å²) in [4.78, 5) is 14.4. The fourth-order valence-electron chi connectivity index (χ4n) is 3.32. The number of aliphatic hydroxyl groups is 1. The fraction of sp³-hybridized carbons (Fsp3) is 0.450. The van der Waals surface area contributed by atoms with E-state index in [2.05, 4.69) is 22.5 Å². The van der Waals surface area contributed by atoms with Crippen molar-refractivity contribution in [2.24, 2.45) is 5.92 Å². The topological polar surface area (TPSA) is 64.6 Å². The molecule has 25 heavy (non-hydrogen) atoms. The van der Waals surface area contributed by atoms with Crippen molar-refractivity contribution >= 4 is 22.5 Å². The van der Waals surface area contributed by atoms with Crippen LogP contribution in [0.5, 0.6) is 0 Å². The van der Waals surface area contributed by atoms with Crippen molar-refractivity contribution in [3.63, 3.8) is 0 Å². The summed E-state index contributed by atoms with van der Waals surface area (Å²) in [6.45, 7) is 5.19. The zero-order valence-electron chi connectivity index (χ0n) is 14.7. The van der Waals surface area contributed by atoms with Crippen LogP contribution in [-0.2, 0) is 0 Å². The van der Waals surface area contributed by atoms with Crippen molar-refractivity contribution in [2.75, 3.05) is 31.5 Å². The second-order valence-electron chi connectivity index (χ2n) is 7.00. The third-order valence-electron chi connectivity index (χ3n) is 4.88. The van der Waals surface area contributed by atoms with Crippen molar-refractivity contribution in [2.45, 2.75) is 25.9 Å². The number of β-amino-alcohol motifs (C(OH)–C–C–N with tert-alkyl or cyclic N) is 1. The third kappa shape index (κ3) is 4.94. The molecule has 2 aromatic rings. The van der Waals surface area contributed by atoms with Gasteiger partial charge >= 0.3 is 6.03 Å². The van der Waals surface area contributed by atoms with Crippen LogP contribution in [-0.4, -0.2) is 48.3 Å². The van der Waals surface area contributed by atoms with Crippen LogP contribution in [0.3, 0.4) is 0 Å². The van der Waals surface area contributed by atoms with Crippen LogP contribution in [0.1, 0.15) is 19.8 Å². The summed E-state index contributed by atoms with van der Waals surface area (Å²) in [5.74, 6) is 0.776. The number of likely N-dealkylation sites (tertiary alicyclic amines) is 1. The predicted octanol–water partition coefficient (Wildman–Crippen LogP) is 3.05. The SMILES string of the molecule is CC1CCN(CC(O)CNC(=O)Nc2cccc3ccccc23)CC1. The molecule has 1 saturated heterocycles. The summed E-state index contributed by atoms with van der Waals surface area (Å²) in [6, 6.07) is 13.5. The van der Waals surface area contributed by atoms with Gasteiger partial charge in [-0.3, -0.25) is 0 Å². The number of fused-ring (bicyclic) bond motifs is 1. The third-order valence-corrected chi connectivity index (χ3v) is 4.88. The van der Waals surface area contributed by atoms with Crippen molar-refractivity contribution < 1.29 is 9.90 Å². The number of hydrogen-bond acceptors (Lipinski definition) is 3. The molecule has 0 aliphatic carbocycles. The van der Waals surface area contributed by atoms with E-state index >= 15 is 0 Å². The molecule has 1 atom stereocenters.